The third kappa shape index (κ3) is 5.43. The maximum absolute atomic E-state index is 13.1. The molecular formula is C31H31NO5. The molecule has 0 spiro atoms. The molecule has 0 amide bonds. The molecule has 0 atom stereocenters. The van der Waals surface area contributed by atoms with Crippen LogP contribution in [0.3, 0.4) is 0 Å². The highest BCUT2D eigenvalue weighted by Crippen LogP contribution is 2.39. The molecule has 0 N–H and O–H groups in total. The molecule has 1 heterocycles. The number of rotatable bonds is 9. The van der Waals surface area contributed by atoms with Gasteiger partial charge in [-0.25, -0.2) is 9.59 Å². The lowest BCUT2D eigenvalue weighted by Gasteiger charge is -2.26. The summed E-state index contributed by atoms with van der Waals surface area (Å²) in [6.45, 7) is 15.0. The Bertz CT molecular complexity index is 1470. The van der Waals surface area contributed by atoms with Crippen molar-refractivity contribution in [3.63, 3.8) is 0 Å². The number of benzene rings is 3. The Morgan fingerprint density at radius 2 is 1.62 bits per heavy atom. The second-order valence-electron chi connectivity index (χ2n) is 8.76. The molecule has 0 unspecified atom stereocenters. The van der Waals surface area contributed by atoms with E-state index in [0.717, 1.165) is 45.9 Å². The molecule has 0 aliphatic carbocycles. The van der Waals surface area contributed by atoms with Crippen molar-refractivity contribution >= 4 is 29.8 Å². The maximum Gasteiger partial charge on any atom is 0.338 e. The number of ether oxygens (including phenoxy) is 3. The Balaban J connectivity index is 1.76. The van der Waals surface area contributed by atoms with E-state index in [2.05, 4.69) is 38.0 Å². The molecule has 0 saturated heterocycles. The fraction of sp³-hybridized carbons (Fsp3) is 0.226. The van der Waals surface area contributed by atoms with Crippen LogP contribution in [0.4, 0.5) is 5.69 Å². The van der Waals surface area contributed by atoms with E-state index < -0.39 is 11.9 Å². The lowest BCUT2D eigenvalue weighted by Crippen LogP contribution is -2.23. The molecule has 3 aromatic rings. The molecule has 1 aliphatic rings. The minimum atomic E-state index is -0.517. The van der Waals surface area contributed by atoms with Crippen LogP contribution in [0.5, 0.6) is 11.5 Å². The Kier molecular flexibility index (Phi) is 7.77. The first-order chi connectivity index (χ1) is 17.8. The van der Waals surface area contributed by atoms with Gasteiger partial charge in [0.25, 0.3) is 0 Å². The minimum absolute atomic E-state index is 0.0455. The Labute approximate surface area is 217 Å². The second-order valence-corrected chi connectivity index (χ2v) is 8.76. The molecule has 0 bridgehead atoms. The van der Waals surface area contributed by atoms with Gasteiger partial charge in [0.15, 0.2) is 0 Å². The number of fused-ring (bicyclic) bond motifs is 2. The van der Waals surface area contributed by atoms with Gasteiger partial charge in [0.2, 0.25) is 0 Å². The van der Waals surface area contributed by atoms with Crippen LogP contribution in [0.1, 0.15) is 42.3 Å². The molecule has 0 aromatic heterocycles. The summed E-state index contributed by atoms with van der Waals surface area (Å²) >= 11 is 0. The van der Waals surface area contributed by atoms with Crippen LogP contribution in [0, 0.1) is 0 Å². The van der Waals surface area contributed by atoms with Gasteiger partial charge < -0.3 is 19.1 Å². The Morgan fingerprint density at radius 1 is 0.892 bits per heavy atom. The van der Waals surface area contributed by atoms with Gasteiger partial charge in [-0.2, -0.15) is 0 Å². The lowest BCUT2D eigenvalue weighted by atomic mass is 9.89. The summed E-state index contributed by atoms with van der Waals surface area (Å²) in [5.41, 5.74) is 4.26. The summed E-state index contributed by atoms with van der Waals surface area (Å²) in [4.78, 5) is 27.0. The summed E-state index contributed by atoms with van der Waals surface area (Å²) in [5, 5.41) is 1.70. The number of esters is 2. The van der Waals surface area contributed by atoms with E-state index in [1.54, 1.807) is 19.1 Å². The van der Waals surface area contributed by atoms with Crippen molar-refractivity contribution in [1.82, 2.24) is 0 Å². The van der Waals surface area contributed by atoms with Crippen LogP contribution in [0.25, 0.3) is 12.2 Å². The van der Waals surface area contributed by atoms with Crippen LogP contribution in [0.2, 0.25) is 0 Å². The predicted octanol–water partition coefficient (Wildman–Crippen LogP) is 4.57. The van der Waals surface area contributed by atoms with Crippen molar-refractivity contribution in [2.24, 2.45) is 0 Å². The highest BCUT2D eigenvalue weighted by molar-refractivity contribution is 5.99. The van der Waals surface area contributed by atoms with E-state index in [9.17, 15) is 9.59 Å². The van der Waals surface area contributed by atoms with Crippen LogP contribution in [-0.4, -0.2) is 38.2 Å². The average molecular weight is 498 g/mol. The summed E-state index contributed by atoms with van der Waals surface area (Å²) < 4.78 is 16.9. The normalized spacial score (nSPS) is 11.6. The summed E-state index contributed by atoms with van der Waals surface area (Å²) in [7, 11) is 0. The van der Waals surface area contributed by atoms with E-state index in [1.165, 1.54) is 0 Å². The third-order valence-corrected chi connectivity index (χ3v) is 6.21. The van der Waals surface area contributed by atoms with E-state index in [1.807, 2.05) is 42.5 Å². The van der Waals surface area contributed by atoms with Gasteiger partial charge in [-0.05, 0) is 55.8 Å². The number of carbonyl (C=O) groups is 2. The third-order valence-electron chi connectivity index (χ3n) is 6.21. The number of carbonyl (C=O) groups excluding carboxylic acids is 2. The first kappa shape index (κ1) is 25.8. The van der Waals surface area contributed by atoms with Gasteiger partial charge in [0.05, 0.1) is 5.56 Å². The van der Waals surface area contributed by atoms with Gasteiger partial charge in [-0.1, -0.05) is 43.5 Å². The predicted molar refractivity (Wildman–Crippen MR) is 145 cm³/mol. The van der Waals surface area contributed by atoms with Crippen LogP contribution < -0.4 is 20.1 Å². The quantitative estimate of drug-likeness (QED) is 0.192. The van der Waals surface area contributed by atoms with E-state index in [4.69, 9.17) is 14.2 Å². The largest absolute Gasteiger partial charge is 0.459 e. The fourth-order valence-corrected chi connectivity index (χ4v) is 4.35. The van der Waals surface area contributed by atoms with Gasteiger partial charge in [-0.15, -0.1) is 0 Å². The van der Waals surface area contributed by atoms with Crippen molar-refractivity contribution in [1.29, 1.82) is 0 Å². The smallest absolute Gasteiger partial charge is 0.338 e. The summed E-state index contributed by atoms with van der Waals surface area (Å²) in [6.07, 6.45) is 0. The van der Waals surface area contributed by atoms with Crippen LogP contribution in [-0.2, 0) is 14.3 Å². The molecule has 1 aliphatic heterocycles. The van der Waals surface area contributed by atoms with Gasteiger partial charge in [-0.3, -0.25) is 0 Å². The van der Waals surface area contributed by atoms with Crippen molar-refractivity contribution < 1.29 is 23.8 Å². The summed E-state index contributed by atoms with van der Waals surface area (Å²) in [6, 6.07) is 19.3. The number of anilines is 1. The SMILES string of the molecule is C=C(C)C(=O)OCCOC(=O)c1ccccc1C1=c2ccc(=C)cc2Oc2cc(N(CC)CC)ccc21. The first-order valence-electron chi connectivity index (χ1n) is 12.3. The first-order valence-corrected chi connectivity index (χ1v) is 12.3. The average Bonchev–Trinajstić information content (AvgIpc) is 2.90. The van der Waals surface area contributed by atoms with E-state index >= 15 is 0 Å². The Hall–Kier alpha value is -4.32. The monoisotopic (exact) mass is 497 g/mol. The Morgan fingerprint density at radius 3 is 2.35 bits per heavy atom. The molecule has 6 heteroatoms. The van der Waals surface area contributed by atoms with Crippen LogP contribution in [0.15, 0.2) is 72.8 Å². The minimum Gasteiger partial charge on any atom is -0.459 e. The highest BCUT2D eigenvalue weighted by atomic mass is 16.6. The van der Waals surface area contributed by atoms with Crippen molar-refractivity contribution in [3.8, 4) is 11.5 Å². The standard InChI is InChI=1S/C31H31NO5/c1-6-32(7-2)22-13-15-26-28(19-22)37-27-18-21(5)12-14-25(27)29(26)23-10-8-9-11-24(23)31(34)36-17-16-35-30(33)20(3)4/h8-15,18-19H,3,5-7,16-17H2,1-2,4H3. The number of nitrogens with zero attached hydrogens (tertiary/aromatic N) is 1. The lowest BCUT2D eigenvalue weighted by molar-refractivity contribution is -0.140. The van der Waals surface area contributed by atoms with Gasteiger partial charge in [0, 0.05) is 46.8 Å². The molecule has 0 radical (unpaired) electrons. The molecule has 3 aromatic carbocycles. The highest BCUT2D eigenvalue weighted by Gasteiger charge is 2.25. The molecule has 190 valence electrons. The zero-order valence-corrected chi connectivity index (χ0v) is 21.5. The van der Waals surface area contributed by atoms with Crippen LogP contribution >= 0.6 is 0 Å². The molecular weight excluding hydrogens is 466 g/mol. The summed E-state index contributed by atoms with van der Waals surface area (Å²) in [5.74, 6) is 0.378. The second kappa shape index (κ2) is 11.2. The molecule has 4 rings (SSSR count). The van der Waals surface area contributed by atoms with E-state index in [0.29, 0.717) is 22.6 Å². The fourth-order valence-electron chi connectivity index (χ4n) is 4.35. The number of hydrogen-bond donors (Lipinski definition) is 0. The van der Waals surface area contributed by atoms with Crippen molar-refractivity contribution in [2.45, 2.75) is 20.8 Å². The molecule has 0 saturated carbocycles. The molecule has 0 fully saturated rings. The van der Waals surface area contributed by atoms with Gasteiger partial charge >= 0.3 is 11.9 Å². The maximum atomic E-state index is 13.1. The van der Waals surface area contributed by atoms with Gasteiger partial charge in [0.1, 0.15) is 24.7 Å². The zero-order chi connectivity index (χ0) is 26.5. The van der Waals surface area contributed by atoms with Crippen molar-refractivity contribution in [3.05, 3.63) is 99.9 Å². The molecule has 6 nitrogen and oxygen atoms in total. The van der Waals surface area contributed by atoms with E-state index in [-0.39, 0.29) is 13.2 Å². The van der Waals surface area contributed by atoms with Crippen molar-refractivity contribution in [2.75, 3.05) is 31.2 Å². The topological polar surface area (TPSA) is 65.1 Å². The molecule has 37 heavy (non-hydrogen) atoms. The number of hydrogen-bond acceptors (Lipinski definition) is 6. The zero-order valence-electron chi connectivity index (χ0n) is 21.5.